The van der Waals surface area contributed by atoms with Crippen LogP contribution < -0.4 is 5.73 Å². The fourth-order valence-corrected chi connectivity index (χ4v) is 6.57. The Bertz CT molecular complexity index is 2000. The van der Waals surface area contributed by atoms with Gasteiger partial charge in [0.25, 0.3) is 0 Å². The average molecular weight is 595 g/mol. The number of hydrogen-bond donors (Lipinski definition) is 2. The van der Waals surface area contributed by atoms with Gasteiger partial charge in [-0.1, -0.05) is 116 Å². The molecule has 0 heterocycles. The van der Waals surface area contributed by atoms with Crippen LogP contribution in [0, 0.1) is 28.1 Å². The van der Waals surface area contributed by atoms with E-state index in [4.69, 9.17) is 16.4 Å². The Labute approximate surface area is 271 Å². The number of rotatable bonds is 10. The van der Waals surface area contributed by atoms with Crippen LogP contribution in [0.1, 0.15) is 57.9 Å². The lowest BCUT2D eigenvalue weighted by Crippen LogP contribution is -2.29. The molecule has 3 N–H and O–H groups in total. The van der Waals surface area contributed by atoms with Crippen LogP contribution in [0.5, 0.6) is 0 Å². The van der Waals surface area contributed by atoms with Crippen molar-refractivity contribution in [2.45, 2.75) is 18.8 Å². The quantitative estimate of drug-likeness (QED) is 0.0957. The van der Waals surface area contributed by atoms with Gasteiger partial charge >= 0.3 is 0 Å². The number of fused-ring (bicyclic) bond motifs is 3. The zero-order valence-corrected chi connectivity index (χ0v) is 25.8. The van der Waals surface area contributed by atoms with Gasteiger partial charge < -0.3 is 11.1 Å². The van der Waals surface area contributed by atoms with Crippen molar-refractivity contribution >= 4 is 29.5 Å². The summed E-state index contributed by atoms with van der Waals surface area (Å²) < 4.78 is 0. The van der Waals surface area contributed by atoms with Crippen molar-refractivity contribution in [3.05, 3.63) is 179 Å². The largest absolute Gasteiger partial charge is 0.404 e. The predicted octanol–water partition coefficient (Wildman–Crippen LogP) is 9.61. The van der Waals surface area contributed by atoms with E-state index in [0.29, 0.717) is 5.57 Å². The summed E-state index contributed by atoms with van der Waals surface area (Å²) in [6, 6.07) is 33.7. The molecule has 0 radical (unpaired) electrons. The second kappa shape index (κ2) is 13.6. The summed E-state index contributed by atoms with van der Waals surface area (Å²) in [5, 5.41) is 27.1. The van der Waals surface area contributed by atoms with Crippen molar-refractivity contribution in [3.8, 4) is 23.3 Å². The second-order valence-electron chi connectivity index (χ2n) is 10.9. The molecule has 4 aromatic rings. The third-order valence-electron chi connectivity index (χ3n) is 8.41. The first-order chi connectivity index (χ1) is 22.5. The summed E-state index contributed by atoms with van der Waals surface area (Å²) in [6.45, 7) is 10.1. The summed E-state index contributed by atoms with van der Waals surface area (Å²) in [5.74, 6) is 0. The highest BCUT2D eigenvalue weighted by atomic mass is 14.5. The first-order valence-electron chi connectivity index (χ1n) is 15.0. The zero-order valence-electron chi connectivity index (χ0n) is 25.8. The van der Waals surface area contributed by atoms with Crippen LogP contribution in [0.2, 0.25) is 0 Å². The van der Waals surface area contributed by atoms with Gasteiger partial charge in [-0.3, -0.25) is 0 Å². The Kier molecular flexibility index (Phi) is 9.23. The number of nitrogens with two attached hydrogens (primary N) is 1. The van der Waals surface area contributed by atoms with Crippen molar-refractivity contribution in [3.63, 3.8) is 0 Å². The molecule has 4 aromatic carbocycles. The maximum Gasteiger partial charge on any atom is 0.0985 e. The van der Waals surface area contributed by atoms with Gasteiger partial charge in [-0.25, -0.2) is 0 Å². The van der Waals surface area contributed by atoms with Gasteiger partial charge in [0, 0.05) is 23.6 Å². The second-order valence-corrected chi connectivity index (χ2v) is 10.9. The zero-order chi connectivity index (χ0) is 32.7. The lowest BCUT2D eigenvalue weighted by atomic mass is 9.66. The molecule has 1 aliphatic rings. The average Bonchev–Trinajstić information content (AvgIpc) is 3.39. The van der Waals surface area contributed by atoms with Crippen LogP contribution in [0.25, 0.3) is 34.4 Å². The van der Waals surface area contributed by atoms with E-state index >= 15 is 0 Å². The van der Waals surface area contributed by atoms with Crippen LogP contribution in [-0.4, -0.2) is 6.21 Å². The minimum absolute atomic E-state index is 0.265. The molecule has 0 aromatic heterocycles. The van der Waals surface area contributed by atoms with E-state index in [-0.39, 0.29) is 12.0 Å². The summed E-state index contributed by atoms with van der Waals surface area (Å²) in [5.41, 5.74) is 17.1. The van der Waals surface area contributed by atoms with E-state index in [1.807, 2.05) is 49.4 Å². The van der Waals surface area contributed by atoms with Crippen LogP contribution in [0.15, 0.2) is 134 Å². The van der Waals surface area contributed by atoms with E-state index in [1.54, 1.807) is 12.3 Å². The van der Waals surface area contributed by atoms with E-state index in [9.17, 15) is 5.26 Å². The maximum absolute atomic E-state index is 9.58. The standard InChI is InChI=1S/C42H34N4/c1-4-14-36-35(5-2)41-37-21-20-30(31(27-45)15-12-13-22-43)24-39(37)42(33-16-8-6-9-17-33,34-18-10-7-11-19-34)40(41)25-38(36)32(28-46)23-29(3)26-44/h4-12,14-21,23-25,27-28,46H,2-3,13,45H2,1H3/b14-4-,15-12-,31-27+,32-23+,46-28?. The Morgan fingerprint density at radius 1 is 0.913 bits per heavy atom. The first kappa shape index (κ1) is 31.2. The highest BCUT2D eigenvalue weighted by Gasteiger charge is 2.47. The van der Waals surface area contributed by atoms with Crippen molar-refractivity contribution in [2.75, 3.05) is 0 Å². The number of nitrogens with one attached hydrogen (secondary N) is 1. The number of nitrogens with zero attached hydrogens (tertiary/aromatic N) is 2. The molecule has 5 rings (SSSR count). The highest BCUT2D eigenvalue weighted by Crippen LogP contribution is 2.58. The summed E-state index contributed by atoms with van der Waals surface area (Å²) in [4.78, 5) is 0. The van der Waals surface area contributed by atoms with Gasteiger partial charge in [-0.15, -0.1) is 0 Å². The summed E-state index contributed by atoms with van der Waals surface area (Å²) in [6.07, 6.45) is 14.4. The van der Waals surface area contributed by atoms with Gasteiger partial charge in [-0.2, -0.15) is 10.5 Å². The lowest BCUT2D eigenvalue weighted by molar-refractivity contribution is 0.767. The van der Waals surface area contributed by atoms with Crippen LogP contribution >= 0.6 is 0 Å². The van der Waals surface area contributed by atoms with Crippen LogP contribution in [-0.2, 0) is 5.41 Å². The van der Waals surface area contributed by atoms with Crippen molar-refractivity contribution < 1.29 is 0 Å². The third-order valence-corrected chi connectivity index (χ3v) is 8.41. The van der Waals surface area contributed by atoms with Gasteiger partial charge in [-0.05, 0) is 86.3 Å². The molecule has 46 heavy (non-hydrogen) atoms. The molecule has 0 aliphatic heterocycles. The molecule has 0 spiro atoms. The van der Waals surface area contributed by atoms with Crippen molar-refractivity contribution in [1.29, 1.82) is 15.9 Å². The molecule has 0 bridgehead atoms. The topological polar surface area (TPSA) is 97.5 Å². The lowest BCUT2D eigenvalue weighted by Gasteiger charge is -2.34. The Hall–Kier alpha value is -6.23. The fourth-order valence-electron chi connectivity index (χ4n) is 6.57. The van der Waals surface area contributed by atoms with Gasteiger partial charge in [0.15, 0.2) is 0 Å². The molecule has 0 saturated carbocycles. The minimum Gasteiger partial charge on any atom is -0.404 e. The van der Waals surface area contributed by atoms with Gasteiger partial charge in [0.05, 0.1) is 24.0 Å². The number of benzene rings is 4. The number of hydrogen-bond acceptors (Lipinski definition) is 4. The molecular formula is C42H34N4. The molecule has 0 unspecified atom stereocenters. The Morgan fingerprint density at radius 2 is 1.59 bits per heavy atom. The molecule has 0 saturated heterocycles. The summed E-state index contributed by atoms with van der Waals surface area (Å²) >= 11 is 0. The maximum atomic E-state index is 9.58. The molecule has 0 fully saturated rings. The van der Waals surface area contributed by atoms with Crippen LogP contribution in [0.4, 0.5) is 0 Å². The summed E-state index contributed by atoms with van der Waals surface area (Å²) in [7, 11) is 0. The molecule has 0 amide bonds. The van der Waals surface area contributed by atoms with E-state index in [2.05, 4.69) is 98.1 Å². The number of nitriles is 2. The smallest absolute Gasteiger partial charge is 0.0985 e. The normalized spacial score (nSPS) is 13.5. The van der Waals surface area contributed by atoms with E-state index in [0.717, 1.165) is 61.2 Å². The van der Waals surface area contributed by atoms with Gasteiger partial charge in [0.1, 0.15) is 0 Å². The third kappa shape index (κ3) is 5.23. The van der Waals surface area contributed by atoms with Crippen molar-refractivity contribution in [1.82, 2.24) is 0 Å². The Balaban J connectivity index is 2.02. The monoisotopic (exact) mass is 594 g/mol. The first-order valence-corrected chi connectivity index (χ1v) is 15.0. The fraction of sp³-hybridized carbons (Fsp3) is 0.0714. The highest BCUT2D eigenvalue weighted by molar-refractivity contribution is 6.12. The molecule has 222 valence electrons. The molecule has 4 nitrogen and oxygen atoms in total. The SMILES string of the molecule is C=Cc1c(/C=C\C)c(/C(C=N)=C/C(=C)C#N)cc2c1-c1ccc(C(/C=C\CC#N)=C/N)cc1C2(c1ccccc1)c1ccccc1. The van der Waals surface area contributed by atoms with Crippen molar-refractivity contribution in [2.24, 2.45) is 5.73 Å². The van der Waals surface area contributed by atoms with E-state index in [1.165, 1.54) is 6.21 Å². The molecular weight excluding hydrogens is 560 g/mol. The number of allylic oxidation sites excluding steroid dienone is 7. The van der Waals surface area contributed by atoms with Crippen LogP contribution in [0.3, 0.4) is 0 Å². The Morgan fingerprint density at radius 3 is 2.13 bits per heavy atom. The molecule has 1 aliphatic carbocycles. The van der Waals surface area contributed by atoms with Gasteiger partial charge in [0.2, 0.25) is 0 Å². The molecule has 0 atom stereocenters. The van der Waals surface area contributed by atoms with E-state index < -0.39 is 5.41 Å². The molecule has 4 heteroatoms. The predicted molar refractivity (Wildman–Crippen MR) is 192 cm³/mol. The minimum atomic E-state index is -0.750.